The molecular weight excluding hydrogens is 394 g/mol. The van der Waals surface area contributed by atoms with Crippen LogP contribution in [0.4, 0.5) is 26.3 Å². The van der Waals surface area contributed by atoms with Gasteiger partial charge in [0.15, 0.2) is 23.2 Å². The van der Waals surface area contributed by atoms with Crippen molar-refractivity contribution in [3.8, 4) is 5.75 Å². The number of alkyl halides is 3. The van der Waals surface area contributed by atoms with Crippen LogP contribution in [0.1, 0.15) is 28.4 Å². The first-order chi connectivity index (χ1) is 13.1. The third kappa shape index (κ3) is 3.62. The van der Waals surface area contributed by atoms with E-state index in [1.165, 1.54) is 4.57 Å². The fourth-order valence-electron chi connectivity index (χ4n) is 2.96. The molecule has 0 saturated carbocycles. The monoisotopic (exact) mass is 408 g/mol. The van der Waals surface area contributed by atoms with E-state index in [9.17, 15) is 31.1 Å². The standard InChI is InChI=1S/C16H14F6N4O2/c1-28-14-12(18)8(4-9(17)13(14)19)15(27)23-5-11-25-24-10-3-2-7(6-26(10)11)16(20,21)22/h4,7H,2-3,5-6H2,1H3,(H,23,27). The Kier molecular flexibility index (Phi) is 5.22. The van der Waals surface area contributed by atoms with Crippen LogP contribution in [0.2, 0.25) is 0 Å². The van der Waals surface area contributed by atoms with Gasteiger partial charge in [-0.15, -0.1) is 10.2 Å². The Labute approximate surface area is 154 Å². The molecule has 0 bridgehead atoms. The summed E-state index contributed by atoms with van der Waals surface area (Å²) in [4.78, 5) is 12.2. The molecule has 1 aromatic carbocycles. The third-order valence-electron chi connectivity index (χ3n) is 4.46. The molecule has 6 nitrogen and oxygen atoms in total. The van der Waals surface area contributed by atoms with Crippen LogP contribution in [0.5, 0.6) is 5.75 Å². The molecule has 152 valence electrons. The maximum Gasteiger partial charge on any atom is 0.393 e. The SMILES string of the molecule is COc1c(F)c(F)cc(C(=O)NCc2nnc3n2CC(C(F)(F)F)CC3)c1F. The number of nitrogens with zero attached hydrogens (tertiary/aromatic N) is 3. The van der Waals surface area contributed by atoms with Crippen LogP contribution in [-0.2, 0) is 19.5 Å². The van der Waals surface area contributed by atoms with Crippen molar-refractivity contribution in [1.82, 2.24) is 20.1 Å². The van der Waals surface area contributed by atoms with Crippen LogP contribution in [0.15, 0.2) is 6.07 Å². The summed E-state index contributed by atoms with van der Waals surface area (Å²) >= 11 is 0. The molecule has 3 rings (SSSR count). The zero-order chi connectivity index (χ0) is 20.6. The quantitative estimate of drug-likeness (QED) is 0.624. The number of carbonyl (C=O) groups excluding carboxylic acids is 1. The van der Waals surface area contributed by atoms with E-state index in [-0.39, 0.29) is 25.2 Å². The summed E-state index contributed by atoms with van der Waals surface area (Å²) in [5, 5.41) is 9.75. The van der Waals surface area contributed by atoms with Gasteiger partial charge < -0.3 is 14.6 Å². The van der Waals surface area contributed by atoms with E-state index in [1.807, 2.05) is 0 Å². The fourth-order valence-corrected chi connectivity index (χ4v) is 2.96. The van der Waals surface area contributed by atoms with Crippen LogP contribution in [0, 0.1) is 23.4 Å². The minimum atomic E-state index is -4.38. The van der Waals surface area contributed by atoms with Gasteiger partial charge in [-0.05, 0) is 12.5 Å². The van der Waals surface area contributed by atoms with Gasteiger partial charge in [0.25, 0.3) is 5.91 Å². The minimum absolute atomic E-state index is 0.0345. The normalized spacial score (nSPS) is 16.6. The summed E-state index contributed by atoms with van der Waals surface area (Å²) in [6.07, 6.45) is -4.43. The third-order valence-corrected chi connectivity index (χ3v) is 4.46. The van der Waals surface area contributed by atoms with Crippen LogP contribution in [0.25, 0.3) is 0 Å². The molecule has 0 fully saturated rings. The van der Waals surface area contributed by atoms with E-state index in [2.05, 4.69) is 20.3 Å². The molecule has 0 saturated heterocycles. The summed E-state index contributed by atoms with van der Waals surface area (Å²) < 4.78 is 85.6. The maximum absolute atomic E-state index is 14.1. The molecular formula is C16H14F6N4O2. The number of nitrogens with one attached hydrogen (secondary N) is 1. The van der Waals surface area contributed by atoms with Crippen LogP contribution < -0.4 is 10.1 Å². The lowest BCUT2D eigenvalue weighted by atomic mass is 9.99. The van der Waals surface area contributed by atoms with E-state index in [1.54, 1.807) is 0 Å². The van der Waals surface area contributed by atoms with Crippen LogP contribution in [0.3, 0.4) is 0 Å². The Morgan fingerprint density at radius 1 is 1.29 bits per heavy atom. The van der Waals surface area contributed by atoms with Crippen molar-refractivity contribution in [1.29, 1.82) is 0 Å². The lowest BCUT2D eigenvalue weighted by Crippen LogP contribution is -2.34. The van der Waals surface area contributed by atoms with Gasteiger partial charge in [-0.1, -0.05) is 0 Å². The van der Waals surface area contributed by atoms with E-state index < -0.39 is 53.3 Å². The number of carbonyl (C=O) groups is 1. The number of aromatic nitrogens is 3. The van der Waals surface area contributed by atoms with Crippen LogP contribution in [-0.4, -0.2) is 34.0 Å². The highest BCUT2D eigenvalue weighted by Gasteiger charge is 2.42. The number of halogens is 6. The van der Waals surface area contributed by atoms with Crippen molar-refractivity contribution >= 4 is 5.91 Å². The van der Waals surface area contributed by atoms with Crippen molar-refractivity contribution in [2.45, 2.75) is 32.1 Å². The molecule has 0 spiro atoms. The van der Waals surface area contributed by atoms with Gasteiger partial charge in [-0.2, -0.15) is 17.6 Å². The molecule has 28 heavy (non-hydrogen) atoms. The molecule has 1 atom stereocenters. The summed E-state index contributed by atoms with van der Waals surface area (Å²) in [5.74, 6) is -7.85. The van der Waals surface area contributed by atoms with Crippen molar-refractivity contribution in [2.75, 3.05) is 7.11 Å². The first-order valence-corrected chi connectivity index (χ1v) is 8.10. The minimum Gasteiger partial charge on any atom is -0.491 e. The second kappa shape index (κ2) is 7.32. The van der Waals surface area contributed by atoms with E-state index >= 15 is 0 Å². The van der Waals surface area contributed by atoms with Gasteiger partial charge >= 0.3 is 6.18 Å². The Hall–Kier alpha value is -2.79. The Morgan fingerprint density at radius 3 is 2.64 bits per heavy atom. The number of aryl methyl sites for hydroxylation is 1. The number of ether oxygens (including phenoxy) is 1. The average Bonchev–Trinajstić information content (AvgIpc) is 3.05. The molecule has 1 aliphatic heterocycles. The zero-order valence-electron chi connectivity index (χ0n) is 14.4. The number of rotatable bonds is 4. The predicted octanol–water partition coefficient (Wildman–Crippen LogP) is 2.76. The first kappa shape index (κ1) is 20.0. The lowest BCUT2D eigenvalue weighted by molar-refractivity contribution is -0.182. The maximum atomic E-state index is 14.1. The molecule has 2 aromatic rings. The van der Waals surface area contributed by atoms with Crippen molar-refractivity contribution in [3.05, 3.63) is 40.7 Å². The topological polar surface area (TPSA) is 69.0 Å². The van der Waals surface area contributed by atoms with E-state index in [0.717, 1.165) is 7.11 Å². The highest BCUT2D eigenvalue weighted by atomic mass is 19.4. The van der Waals surface area contributed by atoms with Crippen molar-refractivity contribution in [3.63, 3.8) is 0 Å². The second-order valence-corrected chi connectivity index (χ2v) is 6.17. The van der Waals surface area contributed by atoms with Gasteiger partial charge in [0, 0.05) is 13.0 Å². The smallest absolute Gasteiger partial charge is 0.393 e. The first-order valence-electron chi connectivity index (χ1n) is 8.10. The summed E-state index contributed by atoms with van der Waals surface area (Å²) in [5.41, 5.74) is -0.817. The molecule has 1 unspecified atom stereocenters. The van der Waals surface area contributed by atoms with E-state index in [0.29, 0.717) is 11.9 Å². The van der Waals surface area contributed by atoms with Gasteiger partial charge in [-0.3, -0.25) is 4.79 Å². The Morgan fingerprint density at radius 2 is 2.00 bits per heavy atom. The number of hydrogen-bond acceptors (Lipinski definition) is 4. The predicted molar refractivity (Wildman–Crippen MR) is 81.9 cm³/mol. The molecule has 1 amide bonds. The molecule has 0 aliphatic carbocycles. The lowest BCUT2D eigenvalue weighted by Gasteiger charge is -2.26. The highest BCUT2D eigenvalue weighted by Crippen LogP contribution is 2.34. The number of hydrogen-bond donors (Lipinski definition) is 1. The van der Waals surface area contributed by atoms with E-state index in [4.69, 9.17) is 0 Å². The number of methoxy groups -OCH3 is 1. The molecule has 2 heterocycles. The largest absolute Gasteiger partial charge is 0.491 e. The van der Waals surface area contributed by atoms with Crippen molar-refractivity contribution in [2.24, 2.45) is 5.92 Å². The van der Waals surface area contributed by atoms with Gasteiger partial charge in [-0.25, -0.2) is 8.78 Å². The molecule has 1 aromatic heterocycles. The van der Waals surface area contributed by atoms with Crippen LogP contribution >= 0.6 is 0 Å². The fraction of sp³-hybridized carbons (Fsp3) is 0.438. The summed E-state index contributed by atoms with van der Waals surface area (Å²) in [6.45, 7) is -0.776. The number of benzene rings is 1. The Balaban J connectivity index is 1.77. The second-order valence-electron chi connectivity index (χ2n) is 6.17. The zero-order valence-corrected chi connectivity index (χ0v) is 14.4. The van der Waals surface area contributed by atoms with Gasteiger partial charge in [0.05, 0.1) is 25.1 Å². The molecule has 0 radical (unpaired) electrons. The van der Waals surface area contributed by atoms with Gasteiger partial charge in [0.2, 0.25) is 5.82 Å². The van der Waals surface area contributed by atoms with Crippen molar-refractivity contribution < 1.29 is 35.9 Å². The summed E-state index contributed by atoms with van der Waals surface area (Å²) in [7, 11) is 0.905. The highest BCUT2D eigenvalue weighted by molar-refractivity contribution is 5.94. The summed E-state index contributed by atoms with van der Waals surface area (Å²) in [6, 6.07) is 0.363. The number of amides is 1. The molecule has 1 N–H and O–H groups in total. The molecule has 12 heteroatoms. The number of fused-ring (bicyclic) bond motifs is 1. The Bertz CT molecular complexity index is 912. The molecule has 1 aliphatic rings. The van der Waals surface area contributed by atoms with Gasteiger partial charge in [0.1, 0.15) is 5.82 Å². The average molecular weight is 408 g/mol.